The molecule has 5 nitrogen and oxygen atoms in total. The maximum atomic E-state index is 14.1. The second-order valence-corrected chi connectivity index (χ2v) is 9.07. The molecule has 0 bridgehead atoms. The molecule has 7 heteroatoms. The van der Waals surface area contributed by atoms with Crippen LogP contribution >= 0.6 is 11.8 Å². The van der Waals surface area contributed by atoms with E-state index < -0.39 is 0 Å². The summed E-state index contributed by atoms with van der Waals surface area (Å²) in [5, 5.41) is 4.31. The van der Waals surface area contributed by atoms with Gasteiger partial charge in [-0.25, -0.2) is 14.4 Å². The van der Waals surface area contributed by atoms with E-state index in [-0.39, 0.29) is 11.2 Å². The van der Waals surface area contributed by atoms with Crippen LogP contribution in [-0.2, 0) is 6.54 Å². The first-order valence-electron chi connectivity index (χ1n) is 9.72. The van der Waals surface area contributed by atoms with Crippen LogP contribution in [0.5, 0.6) is 0 Å². The van der Waals surface area contributed by atoms with Crippen LogP contribution in [0.4, 0.5) is 15.9 Å². The predicted molar refractivity (Wildman–Crippen MR) is 116 cm³/mol. The van der Waals surface area contributed by atoms with E-state index in [1.807, 2.05) is 24.6 Å². The molecular weight excluding hydrogens is 373 g/mol. The number of thioether (sulfide) groups is 1. The molecule has 1 fully saturated rings. The van der Waals surface area contributed by atoms with Crippen molar-refractivity contribution in [1.29, 1.82) is 0 Å². The van der Waals surface area contributed by atoms with Crippen molar-refractivity contribution in [3.63, 3.8) is 0 Å². The molecule has 1 saturated heterocycles. The number of rotatable bonds is 6. The highest BCUT2D eigenvalue weighted by molar-refractivity contribution is 7.98. The lowest BCUT2D eigenvalue weighted by Crippen LogP contribution is -2.47. The van der Waals surface area contributed by atoms with Crippen LogP contribution in [0.1, 0.15) is 26.3 Å². The number of nitrogens with one attached hydrogen (secondary N) is 1. The Kier molecular flexibility index (Phi) is 6.78. The van der Waals surface area contributed by atoms with Gasteiger partial charge in [0.05, 0.1) is 5.69 Å². The number of benzene rings is 1. The quantitative estimate of drug-likeness (QED) is 0.585. The van der Waals surface area contributed by atoms with Crippen LogP contribution in [0.2, 0.25) is 0 Å². The molecule has 0 spiro atoms. The summed E-state index contributed by atoms with van der Waals surface area (Å²) < 4.78 is 14.1. The number of aromatic nitrogens is 2. The van der Waals surface area contributed by atoms with Crippen LogP contribution < -0.4 is 15.1 Å². The first-order valence-corrected chi connectivity index (χ1v) is 10.9. The normalized spacial score (nSPS) is 15.2. The summed E-state index contributed by atoms with van der Waals surface area (Å²) in [5.74, 6) is 0.837. The van der Waals surface area contributed by atoms with Gasteiger partial charge in [-0.2, -0.15) is 0 Å². The van der Waals surface area contributed by atoms with E-state index >= 15 is 0 Å². The molecule has 28 heavy (non-hydrogen) atoms. The molecule has 0 atom stereocenters. The smallest absolute Gasteiger partial charge is 0.189 e. The van der Waals surface area contributed by atoms with Crippen molar-refractivity contribution >= 4 is 23.3 Å². The van der Waals surface area contributed by atoms with Gasteiger partial charge in [-0.15, -0.1) is 0 Å². The van der Waals surface area contributed by atoms with Crippen LogP contribution in [0, 0.1) is 11.2 Å². The Morgan fingerprint density at radius 1 is 1.11 bits per heavy atom. The molecule has 1 N–H and O–H groups in total. The molecule has 1 aliphatic heterocycles. The highest BCUT2D eigenvalue weighted by Crippen LogP contribution is 2.25. The zero-order valence-electron chi connectivity index (χ0n) is 17.2. The Bertz CT molecular complexity index is 785. The van der Waals surface area contributed by atoms with E-state index in [4.69, 9.17) is 4.98 Å². The van der Waals surface area contributed by atoms with Crippen LogP contribution in [0.15, 0.2) is 35.6 Å². The molecule has 0 radical (unpaired) electrons. The maximum absolute atomic E-state index is 14.1. The van der Waals surface area contributed by atoms with Gasteiger partial charge in [0, 0.05) is 51.0 Å². The molecule has 1 aromatic carbocycles. The fraction of sp³-hybridized carbons (Fsp3) is 0.524. The van der Waals surface area contributed by atoms with Crippen LogP contribution in [0.25, 0.3) is 0 Å². The van der Waals surface area contributed by atoms with Gasteiger partial charge in [0.2, 0.25) is 0 Å². The molecule has 3 rings (SSSR count). The number of para-hydroxylation sites is 1. The zero-order valence-corrected chi connectivity index (χ0v) is 18.0. The van der Waals surface area contributed by atoms with Crippen molar-refractivity contribution in [1.82, 2.24) is 15.3 Å². The van der Waals surface area contributed by atoms with E-state index in [0.717, 1.165) is 55.8 Å². The molecule has 1 aromatic heterocycles. The maximum Gasteiger partial charge on any atom is 0.189 e. The molecule has 0 amide bonds. The third-order valence-electron chi connectivity index (χ3n) is 4.75. The first kappa shape index (κ1) is 20.9. The van der Waals surface area contributed by atoms with Crippen molar-refractivity contribution in [2.45, 2.75) is 32.5 Å². The number of hydrogen-bond acceptors (Lipinski definition) is 6. The topological polar surface area (TPSA) is 44.3 Å². The summed E-state index contributed by atoms with van der Waals surface area (Å²) in [6.07, 6.45) is 3.93. The van der Waals surface area contributed by atoms with Gasteiger partial charge >= 0.3 is 0 Å². The van der Waals surface area contributed by atoms with Crippen molar-refractivity contribution in [3.05, 3.63) is 41.8 Å². The van der Waals surface area contributed by atoms with Crippen molar-refractivity contribution < 1.29 is 4.39 Å². The molecule has 0 saturated carbocycles. The molecule has 152 valence electrons. The predicted octanol–water partition coefficient (Wildman–Crippen LogP) is 3.80. The highest BCUT2D eigenvalue weighted by atomic mass is 32.2. The van der Waals surface area contributed by atoms with Crippen LogP contribution in [0.3, 0.4) is 0 Å². The number of halogens is 1. The van der Waals surface area contributed by atoms with E-state index in [1.165, 1.54) is 6.07 Å². The number of anilines is 2. The minimum Gasteiger partial charge on any atom is -0.366 e. The van der Waals surface area contributed by atoms with Crippen LogP contribution in [-0.4, -0.2) is 48.9 Å². The van der Waals surface area contributed by atoms with Gasteiger partial charge < -0.3 is 15.1 Å². The Morgan fingerprint density at radius 2 is 1.79 bits per heavy atom. The molecule has 2 heterocycles. The molecule has 2 aromatic rings. The van der Waals surface area contributed by atoms with Gasteiger partial charge in [-0.1, -0.05) is 44.7 Å². The van der Waals surface area contributed by atoms with Gasteiger partial charge in [0.25, 0.3) is 0 Å². The average Bonchev–Trinajstić information content (AvgIpc) is 2.68. The fourth-order valence-corrected chi connectivity index (χ4v) is 3.65. The minimum absolute atomic E-state index is 0.158. The zero-order chi connectivity index (χ0) is 20.1. The summed E-state index contributed by atoms with van der Waals surface area (Å²) in [5.41, 5.74) is 2.02. The Labute approximate surface area is 171 Å². The summed E-state index contributed by atoms with van der Waals surface area (Å²) in [6.45, 7) is 11.5. The van der Waals surface area contributed by atoms with Gasteiger partial charge in [-0.05, 0) is 23.8 Å². The number of nitrogens with zero attached hydrogens (tertiary/aromatic N) is 4. The lowest BCUT2D eigenvalue weighted by molar-refractivity contribution is 0.379. The minimum atomic E-state index is -0.158. The number of hydrogen-bond donors (Lipinski definition) is 1. The first-order chi connectivity index (χ1) is 13.4. The molecule has 0 unspecified atom stereocenters. The summed E-state index contributed by atoms with van der Waals surface area (Å²) in [7, 11) is 0. The van der Waals surface area contributed by atoms with E-state index in [0.29, 0.717) is 5.69 Å². The van der Waals surface area contributed by atoms with E-state index in [1.54, 1.807) is 17.8 Å². The largest absolute Gasteiger partial charge is 0.366 e. The number of piperazine rings is 1. The Balaban J connectivity index is 1.71. The second-order valence-electron chi connectivity index (χ2n) is 8.30. The molecule has 1 aliphatic rings. The SMILES string of the molecule is CSc1ncc(CNCC(C)(C)C)c(N2CCN(c3ccccc3F)CC2)n1. The third-order valence-corrected chi connectivity index (χ3v) is 5.31. The third kappa shape index (κ3) is 5.35. The second kappa shape index (κ2) is 9.09. The van der Waals surface area contributed by atoms with Gasteiger partial charge in [-0.3, -0.25) is 0 Å². The van der Waals surface area contributed by atoms with Gasteiger partial charge in [0.1, 0.15) is 11.6 Å². The Morgan fingerprint density at radius 3 is 2.43 bits per heavy atom. The van der Waals surface area contributed by atoms with E-state index in [9.17, 15) is 4.39 Å². The Hall–Kier alpha value is -1.86. The van der Waals surface area contributed by atoms with Crippen molar-refractivity contribution in [2.24, 2.45) is 5.41 Å². The molecule has 0 aliphatic carbocycles. The average molecular weight is 404 g/mol. The van der Waals surface area contributed by atoms with Crippen molar-refractivity contribution in [3.8, 4) is 0 Å². The highest BCUT2D eigenvalue weighted by Gasteiger charge is 2.23. The summed E-state index contributed by atoms with van der Waals surface area (Å²) >= 11 is 1.55. The van der Waals surface area contributed by atoms with Gasteiger partial charge in [0.15, 0.2) is 5.16 Å². The summed E-state index contributed by atoms with van der Waals surface area (Å²) in [4.78, 5) is 13.7. The monoisotopic (exact) mass is 403 g/mol. The lowest BCUT2D eigenvalue weighted by Gasteiger charge is -2.37. The molecular formula is C21H30FN5S. The van der Waals surface area contributed by atoms with Crippen molar-refractivity contribution in [2.75, 3.05) is 48.8 Å². The lowest BCUT2D eigenvalue weighted by atomic mass is 9.97. The van der Waals surface area contributed by atoms with E-state index in [2.05, 4.69) is 40.9 Å². The fourth-order valence-electron chi connectivity index (χ4n) is 3.32. The standard InChI is InChI=1S/C21H30FN5S/c1-21(2,3)15-23-13-16-14-24-20(28-4)25-19(16)27-11-9-26(10-12-27)18-8-6-5-7-17(18)22/h5-8,14,23H,9-13,15H2,1-4H3. The summed E-state index contributed by atoms with van der Waals surface area (Å²) in [6, 6.07) is 7.00.